The van der Waals surface area contributed by atoms with Crippen LogP contribution in [0.15, 0.2) is 24.5 Å². The fourth-order valence-electron chi connectivity index (χ4n) is 2.37. The zero-order chi connectivity index (χ0) is 12.3. The van der Waals surface area contributed by atoms with Crippen molar-refractivity contribution in [2.75, 3.05) is 0 Å². The van der Waals surface area contributed by atoms with Gasteiger partial charge in [0, 0.05) is 18.8 Å². The molecule has 3 heteroatoms. The molecule has 1 aliphatic rings. The first kappa shape index (κ1) is 12.2. The molecule has 0 atom stereocenters. The van der Waals surface area contributed by atoms with Crippen LogP contribution in [0.4, 0.5) is 0 Å². The number of Topliss-reactive ketones (excluding diaryl/α,β-unsaturated/α-hetero) is 1. The van der Waals surface area contributed by atoms with Crippen molar-refractivity contribution in [1.82, 2.24) is 4.98 Å². The number of hydrogen-bond acceptors (Lipinski definition) is 3. The largest absolute Gasteiger partial charge is 0.382 e. The second-order valence-electron chi connectivity index (χ2n) is 5.17. The predicted molar refractivity (Wildman–Crippen MR) is 65.5 cm³/mol. The van der Waals surface area contributed by atoms with Gasteiger partial charge in [-0.3, -0.25) is 9.78 Å². The van der Waals surface area contributed by atoms with Crippen LogP contribution in [0.5, 0.6) is 0 Å². The third-order valence-corrected chi connectivity index (χ3v) is 3.73. The zero-order valence-electron chi connectivity index (χ0n) is 10.2. The molecule has 0 aliphatic heterocycles. The zero-order valence-corrected chi connectivity index (χ0v) is 10.2. The normalized spacial score (nSPS) is 28.9. The number of hydrogen-bond donors (Lipinski definition) is 1. The van der Waals surface area contributed by atoms with Crippen molar-refractivity contribution in [2.24, 2.45) is 5.92 Å². The van der Waals surface area contributed by atoms with Crippen LogP contribution in [-0.2, 0) is 11.2 Å². The first-order valence-corrected chi connectivity index (χ1v) is 6.25. The predicted octanol–water partition coefficient (Wildman–Crippen LogP) is 2.13. The molecular formula is C14H19NO2. The molecule has 17 heavy (non-hydrogen) atoms. The molecule has 1 aliphatic carbocycles. The Bertz CT molecular complexity index is 380. The minimum absolute atomic E-state index is 0.0457. The first-order chi connectivity index (χ1) is 8.10. The lowest BCUT2D eigenvalue weighted by molar-refractivity contribution is -0.140. The van der Waals surface area contributed by atoms with Crippen molar-refractivity contribution in [3.8, 4) is 0 Å². The van der Waals surface area contributed by atoms with Gasteiger partial charge in [0.15, 0.2) is 5.78 Å². The number of ketones is 1. The van der Waals surface area contributed by atoms with E-state index in [1.165, 1.54) is 0 Å². The molecule has 0 radical (unpaired) electrons. The summed E-state index contributed by atoms with van der Waals surface area (Å²) in [5.74, 6) is 0.583. The Morgan fingerprint density at radius 1 is 1.41 bits per heavy atom. The van der Waals surface area contributed by atoms with Crippen LogP contribution in [0.3, 0.4) is 0 Å². The summed E-state index contributed by atoms with van der Waals surface area (Å²) in [5, 5.41) is 10.4. The van der Waals surface area contributed by atoms with Gasteiger partial charge >= 0.3 is 0 Å². The van der Waals surface area contributed by atoms with Gasteiger partial charge < -0.3 is 5.11 Å². The Morgan fingerprint density at radius 2 is 2.00 bits per heavy atom. The van der Waals surface area contributed by atoms with Crippen molar-refractivity contribution in [3.63, 3.8) is 0 Å². The molecule has 1 N–H and O–H groups in total. The number of rotatable bonds is 3. The molecule has 0 amide bonds. The van der Waals surface area contributed by atoms with Crippen LogP contribution < -0.4 is 0 Å². The van der Waals surface area contributed by atoms with E-state index in [2.05, 4.69) is 11.9 Å². The standard InChI is InChI=1S/C14H19NO2/c1-11-2-6-14(17,7-3-11)13(16)10-12-4-8-15-9-5-12/h4-5,8-9,11,17H,2-3,6-7,10H2,1H3. The highest BCUT2D eigenvalue weighted by molar-refractivity contribution is 5.89. The number of aromatic nitrogens is 1. The maximum absolute atomic E-state index is 12.1. The van der Waals surface area contributed by atoms with Gasteiger partial charge in [0.1, 0.15) is 5.60 Å². The van der Waals surface area contributed by atoms with Crippen LogP contribution in [0.25, 0.3) is 0 Å². The second kappa shape index (κ2) is 4.96. The van der Waals surface area contributed by atoms with Crippen molar-refractivity contribution in [2.45, 2.75) is 44.6 Å². The Labute approximate surface area is 102 Å². The number of carbonyl (C=O) groups excluding carboxylic acids is 1. The highest BCUT2D eigenvalue weighted by Gasteiger charge is 2.38. The highest BCUT2D eigenvalue weighted by Crippen LogP contribution is 2.33. The molecule has 1 fully saturated rings. The van der Waals surface area contributed by atoms with Gasteiger partial charge in [0.2, 0.25) is 0 Å². The van der Waals surface area contributed by atoms with E-state index in [0.717, 1.165) is 18.4 Å². The van der Waals surface area contributed by atoms with Gasteiger partial charge in [-0.05, 0) is 49.3 Å². The third-order valence-electron chi connectivity index (χ3n) is 3.73. The summed E-state index contributed by atoms with van der Waals surface area (Å²) in [7, 11) is 0. The van der Waals surface area contributed by atoms with Gasteiger partial charge in [0.05, 0.1) is 0 Å². The summed E-state index contributed by atoms with van der Waals surface area (Å²) in [6, 6.07) is 3.65. The summed E-state index contributed by atoms with van der Waals surface area (Å²) < 4.78 is 0. The average molecular weight is 233 g/mol. The summed E-state index contributed by atoms with van der Waals surface area (Å²) >= 11 is 0. The van der Waals surface area contributed by atoms with E-state index in [0.29, 0.717) is 25.2 Å². The molecule has 0 saturated heterocycles. The molecule has 1 aromatic rings. The van der Waals surface area contributed by atoms with E-state index in [-0.39, 0.29) is 5.78 Å². The molecule has 0 bridgehead atoms. The van der Waals surface area contributed by atoms with E-state index in [1.807, 2.05) is 12.1 Å². The Hall–Kier alpha value is -1.22. The molecule has 0 spiro atoms. The van der Waals surface area contributed by atoms with Gasteiger partial charge in [-0.1, -0.05) is 6.92 Å². The quantitative estimate of drug-likeness (QED) is 0.870. The van der Waals surface area contributed by atoms with Crippen molar-refractivity contribution in [1.29, 1.82) is 0 Å². The number of nitrogens with zero attached hydrogens (tertiary/aromatic N) is 1. The molecule has 0 unspecified atom stereocenters. The third kappa shape index (κ3) is 2.91. The van der Waals surface area contributed by atoms with E-state index < -0.39 is 5.60 Å². The topological polar surface area (TPSA) is 50.2 Å². The average Bonchev–Trinajstić information content (AvgIpc) is 2.34. The summed E-state index contributed by atoms with van der Waals surface area (Å²) in [6.07, 6.45) is 6.77. The fraction of sp³-hybridized carbons (Fsp3) is 0.571. The van der Waals surface area contributed by atoms with Crippen LogP contribution in [0.2, 0.25) is 0 Å². The van der Waals surface area contributed by atoms with Crippen LogP contribution in [0, 0.1) is 5.92 Å². The van der Waals surface area contributed by atoms with Gasteiger partial charge in [-0.15, -0.1) is 0 Å². The molecule has 3 nitrogen and oxygen atoms in total. The smallest absolute Gasteiger partial charge is 0.168 e. The minimum atomic E-state index is -1.09. The van der Waals surface area contributed by atoms with Crippen LogP contribution in [-0.4, -0.2) is 21.5 Å². The highest BCUT2D eigenvalue weighted by atomic mass is 16.3. The molecule has 1 heterocycles. The maximum Gasteiger partial charge on any atom is 0.168 e. The molecule has 92 valence electrons. The number of aliphatic hydroxyl groups is 1. The van der Waals surface area contributed by atoms with Crippen molar-refractivity contribution in [3.05, 3.63) is 30.1 Å². The SMILES string of the molecule is CC1CCC(O)(C(=O)Cc2ccncc2)CC1. The van der Waals surface area contributed by atoms with Gasteiger partial charge in [0.25, 0.3) is 0 Å². The van der Waals surface area contributed by atoms with Crippen LogP contribution in [0.1, 0.15) is 38.2 Å². The fourth-order valence-corrected chi connectivity index (χ4v) is 2.37. The van der Waals surface area contributed by atoms with Gasteiger partial charge in [-0.25, -0.2) is 0 Å². The summed E-state index contributed by atoms with van der Waals surface area (Å²) in [4.78, 5) is 16.0. The lowest BCUT2D eigenvalue weighted by atomic mass is 9.76. The van der Waals surface area contributed by atoms with E-state index in [1.54, 1.807) is 12.4 Å². The molecule has 2 rings (SSSR count). The van der Waals surface area contributed by atoms with E-state index in [4.69, 9.17) is 0 Å². The monoisotopic (exact) mass is 233 g/mol. The molecule has 1 aromatic heterocycles. The summed E-state index contributed by atoms with van der Waals surface area (Å²) in [6.45, 7) is 2.17. The lowest BCUT2D eigenvalue weighted by Gasteiger charge is -2.33. The van der Waals surface area contributed by atoms with Crippen molar-refractivity contribution < 1.29 is 9.90 Å². The lowest BCUT2D eigenvalue weighted by Crippen LogP contribution is -2.42. The molecule has 0 aromatic carbocycles. The Balaban J connectivity index is 2.00. The maximum atomic E-state index is 12.1. The van der Waals surface area contributed by atoms with E-state index in [9.17, 15) is 9.90 Å². The Morgan fingerprint density at radius 3 is 2.59 bits per heavy atom. The second-order valence-corrected chi connectivity index (χ2v) is 5.17. The van der Waals surface area contributed by atoms with Gasteiger partial charge in [-0.2, -0.15) is 0 Å². The summed E-state index contributed by atoms with van der Waals surface area (Å²) in [5.41, 5.74) is -0.160. The number of pyridine rings is 1. The first-order valence-electron chi connectivity index (χ1n) is 6.25. The van der Waals surface area contributed by atoms with Crippen molar-refractivity contribution >= 4 is 5.78 Å². The molecule has 1 saturated carbocycles. The number of carbonyl (C=O) groups is 1. The Kier molecular flexibility index (Phi) is 3.57. The van der Waals surface area contributed by atoms with E-state index >= 15 is 0 Å². The minimum Gasteiger partial charge on any atom is -0.382 e. The molecular weight excluding hydrogens is 214 g/mol. The van der Waals surface area contributed by atoms with Crippen LogP contribution >= 0.6 is 0 Å².